The van der Waals surface area contributed by atoms with Crippen molar-refractivity contribution in [2.75, 3.05) is 6.26 Å². The molecule has 0 aliphatic carbocycles. The number of hydrogen-bond acceptors (Lipinski definition) is 5. The van der Waals surface area contributed by atoms with Crippen molar-refractivity contribution in [2.24, 2.45) is 4.99 Å². The first-order valence-electron chi connectivity index (χ1n) is 6.66. The molecular weight excluding hydrogens is 334 g/mol. The lowest BCUT2D eigenvalue weighted by Crippen LogP contribution is -2.32. The van der Waals surface area contributed by atoms with Gasteiger partial charge in [0.25, 0.3) is 5.91 Å². The molecule has 2 heterocycles. The van der Waals surface area contributed by atoms with Gasteiger partial charge in [-0.15, -0.1) is 0 Å². The largest absolute Gasteiger partial charge is 0.328 e. The summed E-state index contributed by atoms with van der Waals surface area (Å²) in [4.78, 5) is 20.1. The van der Waals surface area contributed by atoms with Gasteiger partial charge in [-0.05, 0) is 30.0 Å². The maximum atomic E-state index is 12.1. The number of halogens is 1. The average Bonchev–Trinajstić information content (AvgIpc) is 2.56. The van der Waals surface area contributed by atoms with Gasteiger partial charge in [0.2, 0.25) is 0 Å². The van der Waals surface area contributed by atoms with Crippen molar-refractivity contribution in [3.05, 3.63) is 58.9 Å². The predicted molar refractivity (Wildman–Crippen MR) is 89.4 cm³/mol. The van der Waals surface area contributed by atoms with Gasteiger partial charge in [0, 0.05) is 12.4 Å². The summed E-state index contributed by atoms with van der Waals surface area (Å²) < 4.78 is 4.51. The summed E-state index contributed by atoms with van der Waals surface area (Å²) in [7, 11) is 0. The molecule has 8 heteroatoms. The number of amides is 1. The molecule has 0 spiro atoms. The number of hydrogen-bond donors (Lipinski definition) is 1. The third kappa shape index (κ3) is 4.93. The molecule has 2 aromatic heterocycles. The SMILES string of the molecule is CSNC(C#N)C(=O)N=c1ccccn1Cc1ccc(Cl)nc1. The smallest absolute Gasteiger partial charge is 0.280 e. The van der Waals surface area contributed by atoms with E-state index in [4.69, 9.17) is 16.9 Å². The Bertz CT molecular complexity index is 781. The molecule has 0 aromatic carbocycles. The molecule has 1 N–H and O–H groups in total. The van der Waals surface area contributed by atoms with Gasteiger partial charge in [0.05, 0.1) is 12.6 Å². The van der Waals surface area contributed by atoms with Crippen molar-refractivity contribution in [1.82, 2.24) is 14.3 Å². The van der Waals surface area contributed by atoms with Gasteiger partial charge < -0.3 is 4.57 Å². The van der Waals surface area contributed by atoms with Crippen LogP contribution in [0.4, 0.5) is 0 Å². The summed E-state index contributed by atoms with van der Waals surface area (Å²) in [6, 6.07) is 9.82. The highest BCUT2D eigenvalue weighted by Crippen LogP contribution is 2.06. The number of nitriles is 1. The molecule has 0 fully saturated rings. The Balaban J connectivity index is 2.30. The molecule has 0 aliphatic rings. The van der Waals surface area contributed by atoms with E-state index in [1.165, 1.54) is 11.9 Å². The van der Waals surface area contributed by atoms with Crippen LogP contribution in [0.1, 0.15) is 5.56 Å². The summed E-state index contributed by atoms with van der Waals surface area (Å²) >= 11 is 6.98. The predicted octanol–water partition coefficient (Wildman–Crippen LogP) is 1.77. The number of nitrogens with one attached hydrogen (secondary N) is 1. The molecule has 1 amide bonds. The van der Waals surface area contributed by atoms with Crippen molar-refractivity contribution in [3.63, 3.8) is 0 Å². The van der Waals surface area contributed by atoms with Crippen LogP contribution in [0.25, 0.3) is 0 Å². The fourth-order valence-corrected chi connectivity index (χ4v) is 2.33. The lowest BCUT2D eigenvalue weighted by molar-refractivity contribution is -0.118. The Morgan fingerprint density at radius 3 is 3.00 bits per heavy atom. The van der Waals surface area contributed by atoms with Crippen LogP contribution in [0.5, 0.6) is 0 Å². The molecule has 0 saturated carbocycles. The van der Waals surface area contributed by atoms with E-state index in [0.717, 1.165) is 5.56 Å². The molecule has 2 rings (SSSR count). The molecule has 6 nitrogen and oxygen atoms in total. The van der Waals surface area contributed by atoms with Crippen molar-refractivity contribution >= 4 is 29.5 Å². The minimum atomic E-state index is -0.976. The highest BCUT2D eigenvalue weighted by Gasteiger charge is 2.15. The van der Waals surface area contributed by atoms with Crippen LogP contribution >= 0.6 is 23.5 Å². The minimum Gasteiger partial charge on any atom is -0.328 e. The molecule has 2 aromatic rings. The lowest BCUT2D eigenvalue weighted by atomic mass is 10.3. The zero-order chi connectivity index (χ0) is 16.7. The molecular formula is C15H14ClN5OS. The number of carbonyl (C=O) groups is 1. The second-order valence-corrected chi connectivity index (χ2v) is 5.54. The summed E-state index contributed by atoms with van der Waals surface area (Å²) in [5.41, 5.74) is 1.39. The number of pyridine rings is 2. The second-order valence-electron chi connectivity index (χ2n) is 4.51. The van der Waals surface area contributed by atoms with Gasteiger partial charge in [-0.3, -0.25) is 4.79 Å². The van der Waals surface area contributed by atoms with E-state index in [1.54, 1.807) is 35.2 Å². The van der Waals surface area contributed by atoms with Crippen LogP contribution < -0.4 is 10.2 Å². The first-order valence-corrected chi connectivity index (χ1v) is 8.27. The van der Waals surface area contributed by atoms with E-state index >= 15 is 0 Å². The zero-order valence-electron chi connectivity index (χ0n) is 12.3. The Morgan fingerprint density at radius 2 is 2.35 bits per heavy atom. The maximum absolute atomic E-state index is 12.1. The highest BCUT2D eigenvalue weighted by molar-refractivity contribution is 7.96. The number of nitrogens with zero attached hydrogens (tertiary/aromatic N) is 4. The minimum absolute atomic E-state index is 0.423. The topological polar surface area (TPSA) is 83.1 Å². The first-order chi connectivity index (χ1) is 11.1. The summed E-state index contributed by atoms with van der Waals surface area (Å²) in [6.07, 6.45) is 5.22. The van der Waals surface area contributed by atoms with Gasteiger partial charge in [-0.1, -0.05) is 35.7 Å². The Hall–Kier alpha value is -2.14. The standard InChI is InChI=1S/C15H14ClN5OS/c1-23-20-12(8-17)15(22)19-14-4-2-3-7-21(14)10-11-5-6-13(16)18-9-11/h2-7,9,12,20H,10H2,1H3. The van der Waals surface area contributed by atoms with E-state index in [2.05, 4.69) is 14.7 Å². The van der Waals surface area contributed by atoms with Crippen molar-refractivity contribution in [2.45, 2.75) is 12.6 Å². The third-order valence-corrected chi connectivity index (χ3v) is 3.59. The second kappa shape index (κ2) is 8.48. The molecule has 0 bridgehead atoms. The lowest BCUT2D eigenvalue weighted by Gasteiger charge is -2.08. The quantitative estimate of drug-likeness (QED) is 0.658. The van der Waals surface area contributed by atoms with Gasteiger partial charge in [0.1, 0.15) is 10.6 Å². The van der Waals surface area contributed by atoms with Crippen LogP contribution in [0.2, 0.25) is 5.15 Å². The van der Waals surface area contributed by atoms with Gasteiger partial charge in [0.15, 0.2) is 6.04 Å². The number of rotatable bonds is 5. The van der Waals surface area contributed by atoms with E-state index in [-0.39, 0.29) is 0 Å². The number of aromatic nitrogens is 2. The van der Waals surface area contributed by atoms with E-state index in [9.17, 15) is 4.79 Å². The van der Waals surface area contributed by atoms with Gasteiger partial charge >= 0.3 is 0 Å². The van der Waals surface area contributed by atoms with E-state index < -0.39 is 11.9 Å². The van der Waals surface area contributed by atoms with Crippen LogP contribution in [0.3, 0.4) is 0 Å². The van der Waals surface area contributed by atoms with E-state index in [0.29, 0.717) is 17.2 Å². The van der Waals surface area contributed by atoms with Crippen LogP contribution in [0, 0.1) is 11.3 Å². The average molecular weight is 348 g/mol. The summed E-state index contributed by atoms with van der Waals surface area (Å²) in [6.45, 7) is 0.490. The van der Waals surface area contributed by atoms with Crippen LogP contribution in [0.15, 0.2) is 47.7 Å². The Kier molecular flexibility index (Phi) is 6.35. The van der Waals surface area contributed by atoms with Crippen molar-refractivity contribution in [1.29, 1.82) is 5.26 Å². The van der Waals surface area contributed by atoms with Crippen LogP contribution in [-0.4, -0.2) is 27.8 Å². The van der Waals surface area contributed by atoms with Gasteiger partial charge in [-0.2, -0.15) is 10.3 Å². The molecule has 1 atom stereocenters. The third-order valence-electron chi connectivity index (χ3n) is 2.89. The van der Waals surface area contributed by atoms with Crippen molar-refractivity contribution in [3.8, 4) is 6.07 Å². The molecule has 118 valence electrons. The first kappa shape index (κ1) is 17.2. The molecule has 0 aliphatic heterocycles. The molecule has 0 radical (unpaired) electrons. The fraction of sp³-hybridized carbons (Fsp3) is 0.200. The van der Waals surface area contributed by atoms with Crippen LogP contribution in [-0.2, 0) is 11.3 Å². The summed E-state index contributed by atoms with van der Waals surface area (Å²) in [5, 5.41) is 9.42. The Labute approximate surface area is 143 Å². The molecule has 1 unspecified atom stereocenters. The Morgan fingerprint density at radius 1 is 1.52 bits per heavy atom. The highest BCUT2D eigenvalue weighted by atomic mass is 35.5. The van der Waals surface area contributed by atoms with E-state index in [1.807, 2.05) is 24.4 Å². The monoisotopic (exact) mass is 347 g/mol. The fourth-order valence-electron chi connectivity index (χ4n) is 1.83. The van der Waals surface area contributed by atoms with Crippen molar-refractivity contribution < 1.29 is 4.79 Å². The maximum Gasteiger partial charge on any atom is 0.280 e. The summed E-state index contributed by atoms with van der Waals surface area (Å²) in [5.74, 6) is -0.531. The number of carbonyl (C=O) groups excluding carboxylic acids is 1. The molecule has 0 saturated heterocycles. The zero-order valence-corrected chi connectivity index (χ0v) is 13.9. The normalized spacial score (nSPS) is 12.7. The van der Waals surface area contributed by atoms with Gasteiger partial charge in [-0.25, -0.2) is 9.71 Å². The molecule has 23 heavy (non-hydrogen) atoms.